The maximum atomic E-state index is 11.5. The van der Waals surface area contributed by atoms with E-state index in [9.17, 15) is 4.79 Å². The van der Waals surface area contributed by atoms with Crippen molar-refractivity contribution in [2.45, 2.75) is 20.0 Å². The number of hydrogen-bond acceptors (Lipinski definition) is 3. The van der Waals surface area contributed by atoms with Gasteiger partial charge < -0.3 is 4.74 Å². The summed E-state index contributed by atoms with van der Waals surface area (Å²) in [6.07, 6.45) is 0.358. The van der Waals surface area contributed by atoms with Crippen LogP contribution in [0, 0.1) is 11.3 Å². The van der Waals surface area contributed by atoms with Crippen molar-refractivity contribution in [1.82, 2.24) is 0 Å². The third kappa shape index (κ3) is 5.00. The van der Waals surface area contributed by atoms with E-state index in [1.165, 1.54) is 0 Å². The number of rotatable bonds is 6. The lowest BCUT2D eigenvalue weighted by molar-refractivity contribution is -0.137. The summed E-state index contributed by atoms with van der Waals surface area (Å²) >= 11 is 5.62. The molecule has 0 fully saturated rings. The van der Waals surface area contributed by atoms with E-state index < -0.39 is 5.97 Å². The summed E-state index contributed by atoms with van der Waals surface area (Å²) in [5, 5.41) is 7.56. The van der Waals surface area contributed by atoms with Crippen molar-refractivity contribution < 1.29 is 9.53 Å². The van der Waals surface area contributed by atoms with Gasteiger partial charge in [-0.3, -0.25) is 5.41 Å². The Hall–Kier alpha value is -1.35. The highest BCUT2D eigenvalue weighted by Crippen LogP contribution is 2.07. The monoisotopic (exact) mass is 253 g/mol. The molecule has 4 heteroatoms. The standard InChI is InChI=1S/C13H16ClNO2/c1-10(8-14)7-12(15)13(16)17-9-11-5-3-2-4-6-11/h2-6,10,15H,7-9H2,1H3. The van der Waals surface area contributed by atoms with E-state index in [-0.39, 0.29) is 18.2 Å². The Kier molecular flexibility index (Phi) is 5.70. The van der Waals surface area contributed by atoms with Crippen molar-refractivity contribution in [3.63, 3.8) is 0 Å². The lowest BCUT2D eigenvalue weighted by atomic mass is 10.1. The van der Waals surface area contributed by atoms with Crippen LogP contribution in [0.15, 0.2) is 30.3 Å². The van der Waals surface area contributed by atoms with Crippen LogP contribution in [-0.4, -0.2) is 17.6 Å². The Labute approximate surface area is 106 Å². The van der Waals surface area contributed by atoms with E-state index in [4.69, 9.17) is 21.7 Å². The quantitative estimate of drug-likeness (QED) is 0.481. The summed E-state index contributed by atoms with van der Waals surface area (Å²) in [4.78, 5) is 11.5. The van der Waals surface area contributed by atoms with Gasteiger partial charge in [0.15, 0.2) is 0 Å². The summed E-state index contributed by atoms with van der Waals surface area (Å²) < 4.78 is 5.03. The number of alkyl halides is 1. The number of carbonyl (C=O) groups excluding carboxylic acids is 1. The minimum atomic E-state index is -0.564. The molecule has 0 amide bonds. The predicted octanol–water partition coefficient (Wildman–Crippen LogP) is 3.01. The topological polar surface area (TPSA) is 50.2 Å². The highest BCUT2D eigenvalue weighted by molar-refractivity contribution is 6.35. The Balaban J connectivity index is 2.37. The molecule has 1 unspecified atom stereocenters. The highest BCUT2D eigenvalue weighted by atomic mass is 35.5. The van der Waals surface area contributed by atoms with Gasteiger partial charge in [-0.2, -0.15) is 0 Å². The second-order valence-electron chi connectivity index (χ2n) is 4.00. The largest absolute Gasteiger partial charge is 0.456 e. The minimum absolute atomic E-state index is 0.0194. The average molecular weight is 254 g/mol. The van der Waals surface area contributed by atoms with Crippen LogP contribution in [0.4, 0.5) is 0 Å². The van der Waals surface area contributed by atoms with Gasteiger partial charge in [0.25, 0.3) is 0 Å². The van der Waals surface area contributed by atoms with Crippen LogP contribution in [0.2, 0.25) is 0 Å². The molecule has 1 N–H and O–H groups in total. The van der Waals surface area contributed by atoms with Gasteiger partial charge >= 0.3 is 5.97 Å². The first-order valence-electron chi connectivity index (χ1n) is 5.48. The summed E-state index contributed by atoms with van der Waals surface area (Å²) in [6, 6.07) is 9.40. The van der Waals surface area contributed by atoms with Crippen LogP contribution in [0.5, 0.6) is 0 Å². The molecule has 3 nitrogen and oxygen atoms in total. The molecular weight excluding hydrogens is 238 g/mol. The first kappa shape index (κ1) is 13.7. The van der Waals surface area contributed by atoms with Crippen molar-refractivity contribution in [1.29, 1.82) is 5.41 Å². The van der Waals surface area contributed by atoms with Crippen molar-refractivity contribution in [2.24, 2.45) is 5.92 Å². The Morgan fingerprint density at radius 2 is 2.06 bits per heavy atom. The molecule has 0 saturated carbocycles. The van der Waals surface area contributed by atoms with Crippen molar-refractivity contribution in [3.05, 3.63) is 35.9 Å². The average Bonchev–Trinajstić information content (AvgIpc) is 2.36. The fourth-order valence-corrected chi connectivity index (χ4v) is 1.41. The molecule has 0 radical (unpaired) electrons. The molecule has 0 bridgehead atoms. The van der Waals surface area contributed by atoms with E-state index in [1.807, 2.05) is 37.3 Å². The lowest BCUT2D eigenvalue weighted by Crippen LogP contribution is -2.19. The second kappa shape index (κ2) is 7.07. The van der Waals surface area contributed by atoms with Crippen molar-refractivity contribution >= 4 is 23.3 Å². The molecule has 1 aromatic carbocycles. The zero-order valence-electron chi connectivity index (χ0n) is 9.78. The first-order valence-corrected chi connectivity index (χ1v) is 6.01. The minimum Gasteiger partial charge on any atom is -0.456 e. The summed E-state index contributed by atoms with van der Waals surface area (Å²) in [6.45, 7) is 2.10. The molecule has 17 heavy (non-hydrogen) atoms. The number of ether oxygens (including phenoxy) is 1. The Morgan fingerprint density at radius 1 is 1.41 bits per heavy atom. The number of hydrogen-bond donors (Lipinski definition) is 1. The highest BCUT2D eigenvalue weighted by Gasteiger charge is 2.14. The van der Waals surface area contributed by atoms with Gasteiger partial charge in [0.1, 0.15) is 12.3 Å². The van der Waals surface area contributed by atoms with Crippen molar-refractivity contribution in [3.8, 4) is 0 Å². The van der Waals surface area contributed by atoms with Crippen LogP contribution in [0.3, 0.4) is 0 Å². The van der Waals surface area contributed by atoms with E-state index in [0.717, 1.165) is 5.56 Å². The molecule has 0 aliphatic rings. The van der Waals surface area contributed by atoms with Gasteiger partial charge in [-0.15, -0.1) is 11.6 Å². The van der Waals surface area contributed by atoms with Crippen LogP contribution in [0.25, 0.3) is 0 Å². The van der Waals surface area contributed by atoms with E-state index in [0.29, 0.717) is 12.3 Å². The van der Waals surface area contributed by atoms with Gasteiger partial charge in [0, 0.05) is 5.88 Å². The molecule has 1 atom stereocenters. The van der Waals surface area contributed by atoms with Gasteiger partial charge in [-0.25, -0.2) is 4.79 Å². The number of halogens is 1. The SMILES string of the molecule is CC(CCl)CC(=N)C(=O)OCc1ccccc1. The number of nitrogens with one attached hydrogen (secondary N) is 1. The summed E-state index contributed by atoms with van der Waals surface area (Å²) in [5.41, 5.74) is 0.896. The Bertz CT molecular complexity index is 378. The lowest BCUT2D eigenvalue weighted by Gasteiger charge is -2.08. The van der Waals surface area contributed by atoms with Crippen LogP contribution in [-0.2, 0) is 16.1 Å². The molecule has 0 aliphatic carbocycles. The first-order chi connectivity index (χ1) is 8.13. The number of esters is 1. The maximum Gasteiger partial charge on any atom is 0.352 e. The zero-order chi connectivity index (χ0) is 12.7. The number of benzene rings is 1. The van der Waals surface area contributed by atoms with E-state index in [2.05, 4.69) is 0 Å². The summed E-state index contributed by atoms with van der Waals surface area (Å²) in [7, 11) is 0. The normalized spacial score (nSPS) is 11.9. The number of carbonyl (C=O) groups is 1. The molecule has 1 rings (SSSR count). The molecular formula is C13H16ClNO2. The van der Waals surface area contributed by atoms with Gasteiger partial charge in [0.05, 0.1) is 0 Å². The molecule has 0 spiro atoms. The molecule has 0 saturated heterocycles. The van der Waals surface area contributed by atoms with E-state index in [1.54, 1.807) is 0 Å². The molecule has 0 heterocycles. The van der Waals surface area contributed by atoms with Crippen molar-refractivity contribution in [2.75, 3.05) is 5.88 Å². The van der Waals surface area contributed by atoms with Crippen LogP contribution < -0.4 is 0 Å². The smallest absolute Gasteiger partial charge is 0.352 e. The Morgan fingerprint density at radius 3 is 2.65 bits per heavy atom. The third-order valence-corrected chi connectivity index (χ3v) is 2.80. The second-order valence-corrected chi connectivity index (χ2v) is 4.31. The van der Waals surface area contributed by atoms with Gasteiger partial charge in [0.2, 0.25) is 0 Å². The fraction of sp³-hybridized carbons (Fsp3) is 0.385. The summed E-state index contributed by atoms with van der Waals surface area (Å²) in [5.74, 6) is -0.00629. The molecule has 0 aliphatic heterocycles. The van der Waals surface area contributed by atoms with Gasteiger partial charge in [-0.05, 0) is 17.9 Å². The van der Waals surface area contributed by atoms with Crippen LogP contribution >= 0.6 is 11.6 Å². The predicted molar refractivity (Wildman–Crippen MR) is 68.5 cm³/mol. The van der Waals surface area contributed by atoms with Crippen LogP contribution in [0.1, 0.15) is 18.9 Å². The van der Waals surface area contributed by atoms with Gasteiger partial charge in [-0.1, -0.05) is 37.3 Å². The third-order valence-electron chi connectivity index (χ3n) is 2.28. The molecule has 92 valence electrons. The zero-order valence-corrected chi connectivity index (χ0v) is 10.5. The fourth-order valence-electron chi connectivity index (χ4n) is 1.30. The van der Waals surface area contributed by atoms with E-state index >= 15 is 0 Å². The maximum absolute atomic E-state index is 11.5. The molecule has 0 aromatic heterocycles. The molecule has 1 aromatic rings.